The smallest absolute Gasteiger partial charge is 0.257 e. The Hall–Kier alpha value is -2.96. The first-order chi connectivity index (χ1) is 15.4. The van der Waals surface area contributed by atoms with E-state index in [9.17, 15) is 9.18 Å². The molecule has 0 unspecified atom stereocenters. The minimum absolute atomic E-state index is 0.173. The molecule has 2 saturated heterocycles. The fourth-order valence-electron chi connectivity index (χ4n) is 5.10. The third-order valence-electron chi connectivity index (χ3n) is 6.89. The Kier molecular flexibility index (Phi) is 5.35. The molecule has 7 heteroatoms. The molecule has 2 fully saturated rings. The SMILES string of the molecule is Cc1cn2nc([C@@H]3CCCCN3C(=O)c3c(C)ccc(C)c3F)cc2nc1N1CCCC1. The zero-order valence-electron chi connectivity index (χ0n) is 19.1. The molecular weight excluding hydrogens is 405 g/mol. The van der Waals surface area contributed by atoms with Gasteiger partial charge in [0.2, 0.25) is 0 Å². The molecule has 4 heterocycles. The van der Waals surface area contributed by atoms with Gasteiger partial charge in [-0.25, -0.2) is 13.9 Å². The fourth-order valence-corrected chi connectivity index (χ4v) is 5.10. The van der Waals surface area contributed by atoms with Crippen molar-refractivity contribution in [2.45, 2.75) is 58.9 Å². The number of piperidine rings is 1. The van der Waals surface area contributed by atoms with Gasteiger partial charge < -0.3 is 9.80 Å². The van der Waals surface area contributed by atoms with Gasteiger partial charge in [0.1, 0.15) is 11.6 Å². The van der Waals surface area contributed by atoms with E-state index in [1.165, 1.54) is 12.8 Å². The van der Waals surface area contributed by atoms with E-state index in [0.717, 1.165) is 55.1 Å². The van der Waals surface area contributed by atoms with E-state index in [2.05, 4.69) is 11.8 Å². The zero-order valence-corrected chi connectivity index (χ0v) is 19.1. The second kappa shape index (κ2) is 8.19. The van der Waals surface area contributed by atoms with Gasteiger partial charge in [-0.3, -0.25) is 4.79 Å². The lowest BCUT2D eigenvalue weighted by Crippen LogP contribution is -2.39. The van der Waals surface area contributed by atoms with Gasteiger partial charge in [-0.15, -0.1) is 0 Å². The molecule has 0 radical (unpaired) electrons. The van der Waals surface area contributed by atoms with Gasteiger partial charge in [-0.2, -0.15) is 5.10 Å². The summed E-state index contributed by atoms with van der Waals surface area (Å²) in [6, 6.07) is 5.37. The lowest BCUT2D eigenvalue weighted by Gasteiger charge is -2.35. The predicted octanol–water partition coefficient (Wildman–Crippen LogP) is 4.76. The molecule has 1 aromatic carbocycles. The highest BCUT2D eigenvalue weighted by Gasteiger charge is 2.33. The summed E-state index contributed by atoms with van der Waals surface area (Å²) in [4.78, 5) is 22.6. The maximum Gasteiger partial charge on any atom is 0.257 e. The molecule has 1 atom stereocenters. The fraction of sp³-hybridized carbons (Fsp3) is 0.480. The summed E-state index contributed by atoms with van der Waals surface area (Å²) in [5.74, 6) is 0.365. The van der Waals surface area contributed by atoms with Crippen LogP contribution in [0.5, 0.6) is 0 Å². The number of fused-ring (bicyclic) bond motifs is 1. The van der Waals surface area contributed by atoms with Crippen molar-refractivity contribution < 1.29 is 9.18 Å². The highest BCUT2D eigenvalue weighted by Crippen LogP contribution is 2.34. The number of anilines is 1. The third-order valence-corrected chi connectivity index (χ3v) is 6.89. The van der Waals surface area contributed by atoms with E-state index in [4.69, 9.17) is 10.1 Å². The van der Waals surface area contributed by atoms with Gasteiger partial charge in [0.05, 0.1) is 17.3 Å². The van der Waals surface area contributed by atoms with Crippen LogP contribution >= 0.6 is 0 Å². The number of benzene rings is 1. The molecule has 2 aliphatic heterocycles. The Balaban J connectivity index is 1.51. The van der Waals surface area contributed by atoms with Gasteiger partial charge in [-0.05, 0) is 64.0 Å². The van der Waals surface area contributed by atoms with Crippen molar-refractivity contribution in [1.29, 1.82) is 0 Å². The average Bonchev–Trinajstić information content (AvgIpc) is 3.45. The minimum Gasteiger partial charge on any atom is -0.356 e. The van der Waals surface area contributed by atoms with Gasteiger partial charge >= 0.3 is 0 Å². The molecule has 0 N–H and O–H groups in total. The van der Waals surface area contributed by atoms with Crippen molar-refractivity contribution >= 4 is 17.4 Å². The Morgan fingerprint density at radius 3 is 2.50 bits per heavy atom. The number of carbonyl (C=O) groups is 1. The van der Waals surface area contributed by atoms with E-state index in [-0.39, 0.29) is 17.5 Å². The molecule has 32 heavy (non-hydrogen) atoms. The number of hydrogen-bond acceptors (Lipinski definition) is 4. The lowest BCUT2D eigenvalue weighted by molar-refractivity contribution is 0.0600. The predicted molar refractivity (Wildman–Crippen MR) is 123 cm³/mol. The van der Waals surface area contributed by atoms with Gasteiger partial charge in [0.15, 0.2) is 5.65 Å². The third kappa shape index (κ3) is 3.53. The van der Waals surface area contributed by atoms with Crippen molar-refractivity contribution in [3.05, 3.63) is 58.2 Å². The van der Waals surface area contributed by atoms with E-state index < -0.39 is 5.82 Å². The van der Waals surface area contributed by atoms with Crippen molar-refractivity contribution in [3.8, 4) is 0 Å². The van der Waals surface area contributed by atoms with E-state index in [1.54, 1.807) is 19.9 Å². The summed E-state index contributed by atoms with van der Waals surface area (Å²) in [6.45, 7) is 8.25. The average molecular weight is 436 g/mol. The van der Waals surface area contributed by atoms with Crippen LogP contribution in [-0.2, 0) is 0 Å². The topological polar surface area (TPSA) is 53.7 Å². The number of likely N-dealkylation sites (tertiary alicyclic amines) is 1. The monoisotopic (exact) mass is 435 g/mol. The first-order valence-corrected chi connectivity index (χ1v) is 11.6. The summed E-state index contributed by atoms with van der Waals surface area (Å²) in [5, 5.41) is 4.80. The lowest BCUT2D eigenvalue weighted by atomic mass is 9.96. The van der Waals surface area contributed by atoms with Crippen molar-refractivity contribution in [2.75, 3.05) is 24.5 Å². The zero-order chi connectivity index (χ0) is 22.4. The molecule has 0 spiro atoms. The van der Waals surface area contributed by atoms with Crippen LogP contribution in [0.15, 0.2) is 24.4 Å². The Bertz CT molecular complexity index is 1180. The summed E-state index contributed by atoms with van der Waals surface area (Å²) in [5.41, 5.74) is 4.07. The molecule has 168 valence electrons. The molecule has 1 amide bonds. The second-order valence-corrected chi connectivity index (χ2v) is 9.21. The molecule has 5 rings (SSSR count). The van der Waals surface area contributed by atoms with Crippen LogP contribution in [0.1, 0.15) is 70.9 Å². The number of hydrogen-bond donors (Lipinski definition) is 0. The van der Waals surface area contributed by atoms with Crippen LogP contribution in [0.25, 0.3) is 5.65 Å². The highest BCUT2D eigenvalue weighted by atomic mass is 19.1. The molecule has 0 bridgehead atoms. The molecule has 0 saturated carbocycles. The first kappa shape index (κ1) is 20.9. The molecule has 6 nitrogen and oxygen atoms in total. The largest absolute Gasteiger partial charge is 0.356 e. The van der Waals surface area contributed by atoms with Gasteiger partial charge in [-0.1, -0.05) is 12.1 Å². The number of aromatic nitrogens is 3. The number of amides is 1. The number of aryl methyl sites for hydroxylation is 3. The van der Waals surface area contributed by atoms with E-state index in [0.29, 0.717) is 17.7 Å². The Morgan fingerprint density at radius 2 is 1.72 bits per heavy atom. The molecular formula is C25H30FN5O. The van der Waals surface area contributed by atoms with E-state index in [1.807, 2.05) is 27.7 Å². The summed E-state index contributed by atoms with van der Waals surface area (Å²) in [7, 11) is 0. The normalized spacial score (nSPS) is 19.2. The van der Waals surface area contributed by atoms with Crippen LogP contribution in [0.3, 0.4) is 0 Å². The summed E-state index contributed by atoms with van der Waals surface area (Å²) < 4.78 is 16.7. The molecule has 3 aromatic rings. The van der Waals surface area contributed by atoms with Crippen LogP contribution in [0.4, 0.5) is 10.2 Å². The maximum absolute atomic E-state index is 14.9. The van der Waals surface area contributed by atoms with Crippen molar-refractivity contribution in [1.82, 2.24) is 19.5 Å². The summed E-state index contributed by atoms with van der Waals surface area (Å²) >= 11 is 0. The molecule has 2 aliphatic rings. The number of halogens is 1. The Morgan fingerprint density at radius 1 is 1.00 bits per heavy atom. The molecule has 0 aliphatic carbocycles. The second-order valence-electron chi connectivity index (χ2n) is 9.21. The van der Waals surface area contributed by atoms with E-state index >= 15 is 0 Å². The van der Waals surface area contributed by atoms with Crippen LogP contribution in [-0.4, -0.2) is 45.0 Å². The first-order valence-electron chi connectivity index (χ1n) is 11.6. The number of rotatable bonds is 3. The molecule has 2 aromatic heterocycles. The maximum atomic E-state index is 14.9. The van der Waals surface area contributed by atoms with Gasteiger partial charge in [0, 0.05) is 37.5 Å². The quantitative estimate of drug-likeness (QED) is 0.595. The number of nitrogens with zero attached hydrogens (tertiary/aromatic N) is 5. The van der Waals surface area contributed by atoms with Crippen LogP contribution in [0.2, 0.25) is 0 Å². The minimum atomic E-state index is -0.415. The van der Waals surface area contributed by atoms with Crippen molar-refractivity contribution in [2.24, 2.45) is 0 Å². The van der Waals surface area contributed by atoms with Crippen molar-refractivity contribution in [3.63, 3.8) is 0 Å². The van der Waals surface area contributed by atoms with Gasteiger partial charge in [0.25, 0.3) is 5.91 Å². The number of carbonyl (C=O) groups excluding carboxylic acids is 1. The highest BCUT2D eigenvalue weighted by molar-refractivity contribution is 5.96. The Labute approximate surface area is 188 Å². The van der Waals surface area contributed by atoms with Crippen LogP contribution in [0, 0.1) is 26.6 Å². The van der Waals surface area contributed by atoms with Crippen LogP contribution < -0.4 is 4.90 Å². The summed E-state index contributed by atoms with van der Waals surface area (Å²) in [6.07, 6.45) is 7.18. The standard InChI is InChI=1S/C25H30FN5O/c1-16-9-10-17(2)23(26)22(16)25(32)30-13-5-4-8-20(30)19-14-21-27-24(29-11-6-7-12-29)18(3)15-31(21)28-19/h9-10,14-15,20H,4-8,11-13H2,1-3H3/t20-/m0/s1.